The number of halogens is 1. The van der Waals surface area contributed by atoms with Gasteiger partial charge in [-0.3, -0.25) is 0 Å². The maximum absolute atomic E-state index is 6.01. The highest BCUT2D eigenvalue weighted by Crippen LogP contribution is 2.29. The number of hydrogen-bond donors (Lipinski definition) is 2. The normalized spacial score (nSPS) is 14.2. The minimum absolute atomic E-state index is 0. The van der Waals surface area contributed by atoms with Crippen molar-refractivity contribution in [1.29, 1.82) is 0 Å². The molecular formula is C20H27IN4O3. The van der Waals surface area contributed by atoms with Gasteiger partial charge in [-0.2, -0.15) is 0 Å². The summed E-state index contributed by atoms with van der Waals surface area (Å²) < 4.78 is 15.9. The van der Waals surface area contributed by atoms with Gasteiger partial charge in [0, 0.05) is 30.5 Å². The minimum Gasteiger partial charge on any atom is -0.493 e. The van der Waals surface area contributed by atoms with Crippen molar-refractivity contribution in [1.82, 2.24) is 0 Å². The summed E-state index contributed by atoms with van der Waals surface area (Å²) >= 11 is 0. The molecule has 2 aromatic rings. The molecule has 3 N–H and O–H groups in total. The molecule has 0 bridgehead atoms. The van der Waals surface area contributed by atoms with Crippen molar-refractivity contribution in [2.24, 2.45) is 10.7 Å². The molecule has 0 spiro atoms. The second-order valence-electron chi connectivity index (χ2n) is 6.16. The van der Waals surface area contributed by atoms with E-state index >= 15 is 0 Å². The molecule has 1 aliphatic rings. The Morgan fingerprint density at radius 2 is 1.75 bits per heavy atom. The third-order valence-corrected chi connectivity index (χ3v) is 4.40. The van der Waals surface area contributed by atoms with Gasteiger partial charge in [0.25, 0.3) is 0 Å². The van der Waals surface area contributed by atoms with Gasteiger partial charge >= 0.3 is 0 Å². The van der Waals surface area contributed by atoms with Gasteiger partial charge in [-0.25, -0.2) is 4.99 Å². The molecular weight excluding hydrogens is 471 g/mol. The molecule has 1 saturated heterocycles. The Balaban J connectivity index is 0.00000280. The number of methoxy groups -OCH3 is 2. The zero-order chi connectivity index (χ0) is 19.1. The van der Waals surface area contributed by atoms with Gasteiger partial charge in [0.2, 0.25) is 0 Å². The average Bonchev–Trinajstić information content (AvgIpc) is 2.73. The molecule has 1 heterocycles. The van der Waals surface area contributed by atoms with Crippen LogP contribution in [0.25, 0.3) is 0 Å². The highest BCUT2D eigenvalue weighted by molar-refractivity contribution is 14.0. The Morgan fingerprint density at radius 1 is 1.07 bits per heavy atom. The molecule has 152 valence electrons. The van der Waals surface area contributed by atoms with Gasteiger partial charge in [-0.05, 0) is 29.8 Å². The van der Waals surface area contributed by atoms with Gasteiger partial charge in [0.15, 0.2) is 17.5 Å². The molecule has 1 aliphatic heterocycles. The fourth-order valence-electron chi connectivity index (χ4n) is 2.91. The molecule has 0 atom stereocenters. The summed E-state index contributed by atoms with van der Waals surface area (Å²) in [5.41, 5.74) is 9.11. The largest absolute Gasteiger partial charge is 0.493 e. The lowest BCUT2D eigenvalue weighted by Crippen LogP contribution is -2.36. The van der Waals surface area contributed by atoms with Gasteiger partial charge in [-0.15, -0.1) is 24.0 Å². The Bertz CT molecular complexity index is 778. The Kier molecular flexibility index (Phi) is 8.65. The Labute approximate surface area is 182 Å². The summed E-state index contributed by atoms with van der Waals surface area (Å²) in [5, 5.41) is 3.07. The summed E-state index contributed by atoms with van der Waals surface area (Å²) in [6, 6.07) is 13.9. The zero-order valence-electron chi connectivity index (χ0n) is 16.2. The van der Waals surface area contributed by atoms with Crippen molar-refractivity contribution >= 4 is 41.3 Å². The monoisotopic (exact) mass is 498 g/mol. The van der Waals surface area contributed by atoms with Crippen molar-refractivity contribution in [2.45, 2.75) is 6.54 Å². The van der Waals surface area contributed by atoms with Crippen LogP contribution < -0.4 is 25.4 Å². The lowest BCUT2D eigenvalue weighted by Gasteiger charge is -2.28. The van der Waals surface area contributed by atoms with Crippen LogP contribution in [0.4, 0.5) is 11.4 Å². The number of nitrogens with two attached hydrogens (primary N) is 1. The van der Waals surface area contributed by atoms with Gasteiger partial charge in [0.05, 0.1) is 34.0 Å². The van der Waals surface area contributed by atoms with E-state index in [2.05, 4.69) is 39.5 Å². The van der Waals surface area contributed by atoms with Crippen LogP contribution >= 0.6 is 24.0 Å². The van der Waals surface area contributed by atoms with Gasteiger partial charge in [0.1, 0.15) is 0 Å². The number of aliphatic imine (C=N–C) groups is 1. The Morgan fingerprint density at radius 3 is 2.39 bits per heavy atom. The summed E-state index contributed by atoms with van der Waals surface area (Å²) in [6.07, 6.45) is 0. The number of guanidine groups is 1. The molecule has 0 aromatic heterocycles. The second kappa shape index (κ2) is 11.0. The molecule has 7 nitrogen and oxygen atoms in total. The molecule has 0 amide bonds. The maximum atomic E-state index is 6.01. The SMILES string of the molecule is COc1ccc(NC(N)=NCc2ccc(N3CCOCC3)cc2)cc1OC.I. The highest BCUT2D eigenvalue weighted by atomic mass is 127. The van der Waals surface area contributed by atoms with Gasteiger partial charge in [-0.1, -0.05) is 12.1 Å². The van der Waals surface area contributed by atoms with E-state index in [0.717, 1.165) is 37.6 Å². The van der Waals surface area contributed by atoms with Crippen LogP contribution in [0.1, 0.15) is 5.56 Å². The third-order valence-electron chi connectivity index (χ3n) is 4.40. The predicted molar refractivity (Wildman–Crippen MR) is 123 cm³/mol. The predicted octanol–water partition coefficient (Wildman–Crippen LogP) is 3.09. The number of nitrogens with zero attached hydrogens (tertiary/aromatic N) is 2. The first kappa shape index (κ1) is 22.1. The molecule has 3 rings (SSSR count). The van der Waals surface area contributed by atoms with Crippen molar-refractivity contribution in [3.63, 3.8) is 0 Å². The van der Waals surface area contributed by atoms with E-state index < -0.39 is 0 Å². The molecule has 8 heteroatoms. The van der Waals surface area contributed by atoms with Gasteiger partial charge < -0.3 is 30.2 Å². The summed E-state index contributed by atoms with van der Waals surface area (Å²) in [7, 11) is 3.20. The highest BCUT2D eigenvalue weighted by Gasteiger charge is 2.10. The molecule has 28 heavy (non-hydrogen) atoms. The van der Waals surface area contributed by atoms with E-state index in [9.17, 15) is 0 Å². The zero-order valence-corrected chi connectivity index (χ0v) is 18.5. The van der Waals surface area contributed by atoms with E-state index in [4.69, 9.17) is 19.9 Å². The number of ether oxygens (including phenoxy) is 3. The number of morpholine rings is 1. The van der Waals surface area contributed by atoms with Crippen molar-refractivity contribution in [2.75, 3.05) is 50.7 Å². The van der Waals surface area contributed by atoms with Crippen LogP contribution in [-0.4, -0.2) is 46.5 Å². The first-order valence-corrected chi connectivity index (χ1v) is 8.90. The smallest absolute Gasteiger partial charge is 0.193 e. The second-order valence-corrected chi connectivity index (χ2v) is 6.16. The van der Waals surface area contributed by atoms with Crippen LogP contribution in [0.3, 0.4) is 0 Å². The van der Waals surface area contributed by atoms with Crippen LogP contribution in [0.5, 0.6) is 11.5 Å². The third kappa shape index (κ3) is 5.90. The standard InChI is InChI=1S/C20H26N4O3.HI/c1-25-18-8-5-16(13-19(18)26-2)23-20(21)22-14-15-3-6-17(7-4-15)24-9-11-27-12-10-24;/h3-8,13H,9-12,14H2,1-2H3,(H3,21,22,23);1H. The Hall–Kier alpha value is -2.20. The van der Waals surface area contributed by atoms with Crippen molar-refractivity contribution < 1.29 is 14.2 Å². The summed E-state index contributed by atoms with van der Waals surface area (Å²) in [5.74, 6) is 1.65. The van der Waals surface area contributed by atoms with E-state index in [0.29, 0.717) is 24.0 Å². The van der Waals surface area contributed by atoms with Crippen LogP contribution in [-0.2, 0) is 11.3 Å². The number of benzene rings is 2. The molecule has 0 aliphatic carbocycles. The fourth-order valence-corrected chi connectivity index (χ4v) is 2.91. The first-order chi connectivity index (χ1) is 13.2. The summed E-state index contributed by atoms with van der Waals surface area (Å²) in [4.78, 5) is 6.73. The van der Waals surface area contributed by atoms with Crippen LogP contribution in [0.15, 0.2) is 47.5 Å². The average molecular weight is 498 g/mol. The fraction of sp³-hybridized carbons (Fsp3) is 0.350. The number of hydrogen-bond acceptors (Lipinski definition) is 5. The summed E-state index contributed by atoms with van der Waals surface area (Å²) in [6.45, 7) is 3.93. The van der Waals surface area contributed by atoms with E-state index in [1.54, 1.807) is 14.2 Å². The number of rotatable bonds is 6. The number of anilines is 2. The van der Waals surface area contributed by atoms with Crippen molar-refractivity contribution in [3.05, 3.63) is 48.0 Å². The van der Waals surface area contributed by atoms with Crippen LogP contribution in [0.2, 0.25) is 0 Å². The van der Waals surface area contributed by atoms with Crippen LogP contribution in [0, 0.1) is 0 Å². The van der Waals surface area contributed by atoms with E-state index in [1.807, 2.05) is 18.2 Å². The quantitative estimate of drug-likeness (QED) is 0.362. The topological polar surface area (TPSA) is 81.3 Å². The molecule has 0 unspecified atom stereocenters. The number of nitrogens with one attached hydrogen (secondary N) is 1. The first-order valence-electron chi connectivity index (χ1n) is 8.90. The minimum atomic E-state index is 0. The maximum Gasteiger partial charge on any atom is 0.193 e. The molecule has 1 fully saturated rings. The van der Waals surface area contributed by atoms with Crippen molar-refractivity contribution in [3.8, 4) is 11.5 Å². The molecule has 0 saturated carbocycles. The lowest BCUT2D eigenvalue weighted by atomic mass is 10.2. The van der Waals surface area contributed by atoms with E-state index in [-0.39, 0.29) is 24.0 Å². The lowest BCUT2D eigenvalue weighted by molar-refractivity contribution is 0.122. The molecule has 0 radical (unpaired) electrons. The van der Waals surface area contributed by atoms with E-state index in [1.165, 1.54) is 5.69 Å². The molecule has 2 aromatic carbocycles.